The molecule has 0 atom stereocenters. The zero-order valence-corrected chi connectivity index (χ0v) is 18.6. The molecule has 1 fully saturated rings. The van der Waals surface area contributed by atoms with Crippen LogP contribution in [0.3, 0.4) is 0 Å². The minimum atomic E-state index is -0.380. The average Bonchev–Trinajstić information content (AvgIpc) is 3.30. The Hall–Kier alpha value is -3.98. The van der Waals surface area contributed by atoms with Crippen LogP contribution in [0.15, 0.2) is 67.0 Å². The van der Waals surface area contributed by atoms with E-state index in [2.05, 4.69) is 50.9 Å². The van der Waals surface area contributed by atoms with Gasteiger partial charge in [0.15, 0.2) is 5.65 Å². The van der Waals surface area contributed by atoms with Crippen LogP contribution in [0.5, 0.6) is 0 Å². The molecular weight excluding hydrogens is 418 g/mol. The van der Waals surface area contributed by atoms with E-state index in [1.165, 1.54) is 17.7 Å². The summed E-state index contributed by atoms with van der Waals surface area (Å²) in [5.74, 6) is 0.805. The summed E-state index contributed by atoms with van der Waals surface area (Å²) in [4.78, 5) is 22.1. The smallest absolute Gasteiger partial charge is 0.269 e. The van der Waals surface area contributed by atoms with Crippen molar-refractivity contribution in [1.29, 1.82) is 0 Å². The van der Waals surface area contributed by atoms with Crippen LogP contribution in [0.25, 0.3) is 5.65 Å². The molecule has 0 amide bonds. The number of aryl methyl sites for hydroxylation is 1. The van der Waals surface area contributed by atoms with Gasteiger partial charge < -0.3 is 9.80 Å². The topological polar surface area (TPSA) is 83.0 Å². The lowest BCUT2D eigenvalue weighted by Gasteiger charge is -2.38. The maximum atomic E-state index is 11.3. The van der Waals surface area contributed by atoms with Gasteiger partial charge in [-0.3, -0.25) is 15.0 Å². The first-order valence-electron chi connectivity index (χ1n) is 10.9. The second-order valence-electron chi connectivity index (χ2n) is 8.25. The molecule has 1 aliphatic rings. The number of hydrogen-bond acceptors (Lipinski definition) is 7. The third kappa shape index (κ3) is 3.87. The Bertz CT molecular complexity index is 1290. The Labute approximate surface area is 191 Å². The molecular formula is C24H25N7O2. The Morgan fingerprint density at radius 2 is 1.73 bits per heavy atom. The lowest BCUT2D eigenvalue weighted by atomic mass is 10.1. The van der Waals surface area contributed by atoms with Gasteiger partial charge in [0.1, 0.15) is 5.82 Å². The van der Waals surface area contributed by atoms with E-state index < -0.39 is 0 Å². The van der Waals surface area contributed by atoms with Gasteiger partial charge in [0, 0.05) is 56.3 Å². The second-order valence-corrected chi connectivity index (χ2v) is 8.25. The number of non-ortho nitro benzene ring substituents is 1. The SMILES string of the molecule is Cc1cccc(N(c2ccc([N+](=O)[O-])cc2)c2ccnc3ccnn23)c1N1CCN(C)CC1. The molecule has 168 valence electrons. The zero-order valence-electron chi connectivity index (χ0n) is 18.6. The van der Waals surface area contributed by atoms with Crippen molar-refractivity contribution in [2.24, 2.45) is 0 Å². The van der Waals surface area contributed by atoms with E-state index in [4.69, 9.17) is 0 Å². The van der Waals surface area contributed by atoms with Crippen LogP contribution in [0.2, 0.25) is 0 Å². The summed E-state index contributed by atoms with van der Waals surface area (Å²) in [6.45, 7) is 5.96. The molecule has 2 aromatic carbocycles. The number of para-hydroxylation sites is 1. The predicted molar refractivity (Wildman–Crippen MR) is 129 cm³/mol. The van der Waals surface area contributed by atoms with E-state index in [-0.39, 0.29) is 10.6 Å². The van der Waals surface area contributed by atoms with Gasteiger partial charge in [-0.15, -0.1) is 0 Å². The molecule has 0 radical (unpaired) electrons. The first-order chi connectivity index (χ1) is 16.0. The molecule has 5 rings (SSSR count). The van der Waals surface area contributed by atoms with E-state index in [0.717, 1.165) is 54.7 Å². The maximum Gasteiger partial charge on any atom is 0.269 e. The molecule has 2 aromatic heterocycles. The maximum absolute atomic E-state index is 11.3. The fourth-order valence-electron chi connectivity index (χ4n) is 4.37. The van der Waals surface area contributed by atoms with Crippen molar-refractivity contribution in [1.82, 2.24) is 19.5 Å². The van der Waals surface area contributed by atoms with E-state index in [0.29, 0.717) is 0 Å². The quantitative estimate of drug-likeness (QED) is 0.338. The number of anilines is 4. The lowest BCUT2D eigenvalue weighted by Crippen LogP contribution is -2.45. The van der Waals surface area contributed by atoms with Gasteiger partial charge in [-0.2, -0.15) is 9.61 Å². The number of hydrogen-bond donors (Lipinski definition) is 0. The molecule has 9 nitrogen and oxygen atoms in total. The largest absolute Gasteiger partial charge is 0.367 e. The normalized spacial score (nSPS) is 14.5. The molecule has 0 unspecified atom stereocenters. The summed E-state index contributed by atoms with van der Waals surface area (Å²) in [6, 6.07) is 16.7. The van der Waals surface area contributed by atoms with Crippen LogP contribution >= 0.6 is 0 Å². The number of nitrogens with zero attached hydrogens (tertiary/aromatic N) is 7. The summed E-state index contributed by atoms with van der Waals surface area (Å²) in [5, 5.41) is 15.7. The second kappa shape index (κ2) is 8.51. The van der Waals surface area contributed by atoms with E-state index in [1.807, 2.05) is 18.2 Å². The summed E-state index contributed by atoms with van der Waals surface area (Å²) in [5.41, 5.74) is 4.92. The number of benzene rings is 2. The highest BCUT2D eigenvalue weighted by atomic mass is 16.6. The molecule has 0 spiro atoms. The Morgan fingerprint density at radius 1 is 0.970 bits per heavy atom. The van der Waals surface area contributed by atoms with Crippen molar-refractivity contribution in [3.05, 3.63) is 82.7 Å². The number of piperazine rings is 1. The highest BCUT2D eigenvalue weighted by molar-refractivity contribution is 5.86. The molecule has 1 aliphatic heterocycles. The molecule has 0 bridgehead atoms. The van der Waals surface area contributed by atoms with Gasteiger partial charge in [-0.05, 0) is 43.8 Å². The van der Waals surface area contributed by atoms with E-state index in [9.17, 15) is 10.1 Å². The van der Waals surface area contributed by atoms with Crippen LogP contribution in [-0.4, -0.2) is 57.6 Å². The lowest BCUT2D eigenvalue weighted by molar-refractivity contribution is -0.384. The number of rotatable bonds is 5. The third-order valence-electron chi connectivity index (χ3n) is 6.09. The van der Waals surface area contributed by atoms with Gasteiger partial charge in [-0.1, -0.05) is 12.1 Å². The van der Waals surface area contributed by atoms with Gasteiger partial charge in [0.05, 0.1) is 22.5 Å². The fourth-order valence-corrected chi connectivity index (χ4v) is 4.37. The van der Waals surface area contributed by atoms with Crippen molar-refractivity contribution < 1.29 is 4.92 Å². The monoisotopic (exact) mass is 443 g/mol. The van der Waals surface area contributed by atoms with Crippen LogP contribution < -0.4 is 9.80 Å². The zero-order chi connectivity index (χ0) is 22.9. The Balaban J connectivity index is 1.71. The van der Waals surface area contributed by atoms with Gasteiger partial charge in [-0.25, -0.2) is 4.98 Å². The molecule has 0 N–H and O–H groups in total. The number of nitro benzene ring substituents is 1. The summed E-state index contributed by atoms with van der Waals surface area (Å²) in [6.07, 6.45) is 3.48. The minimum Gasteiger partial charge on any atom is -0.367 e. The number of fused-ring (bicyclic) bond motifs is 1. The van der Waals surface area contributed by atoms with E-state index in [1.54, 1.807) is 29.0 Å². The van der Waals surface area contributed by atoms with Gasteiger partial charge >= 0.3 is 0 Å². The highest BCUT2D eigenvalue weighted by Gasteiger charge is 2.25. The molecule has 0 aliphatic carbocycles. The van der Waals surface area contributed by atoms with Crippen LogP contribution in [0, 0.1) is 17.0 Å². The molecule has 9 heteroatoms. The fraction of sp³-hybridized carbons (Fsp3) is 0.250. The van der Waals surface area contributed by atoms with Gasteiger partial charge in [0.2, 0.25) is 0 Å². The molecule has 3 heterocycles. The summed E-state index contributed by atoms with van der Waals surface area (Å²) >= 11 is 0. The standard InChI is InChI=1S/C24H25N7O2/c1-18-4-3-5-21(24(18)28-16-14-27(2)15-17-28)29(19-6-8-20(9-7-19)31(32)33)23-11-12-25-22-10-13-26-30(22)23/h3-13H,14-17H2,1-2H3. The van der Waals surface area contributed by atoms with Crippen LogP contribution in [-0.2, 0) is 0 Å². The van der Waals surface area contributed by atoms with Crippen molar-refractivity contribution in [2.45, 2.75) is 6.92 Å². The summed E-state index contributed by atoms with van der Waals surface area (Å²) < 4.78 is 1.79. The van der Waals surface area contributed by atoms with Crippen molar-refractivity contribution in [3.8, 4) is 0 Å². The first kappa shape index (κ1) is 20.9. The summed E-state index contributed by atoms with van der Waals surface area (Å²) in [7, 11) is 2.14. The highest BCUT2D eigenvalue weighted by Crippen LogP contribution is 2.42. The number of aromatic nitrogens is 3. The molecule has 4 aromatic rings. The molecule has 1 saturated heterocycles. The minimum absolute atomic E-state index is 0.0567. The van der Waals surface area contributed by atoms with Gasteiger partial charge in [0.25, 0.3) is 5.69 Å². The predicted octanol–water partition coefficient (Wildman–Crippen LogP) is 4.17. The van der Waals surface area contributed by atoms with Crippen molar-refractivity contribution >= 4 is 34.2 Å². The van der Waals surface area contributed by atoms with Crippen LogP contribution in [0.4, 0.5) is 28.6 Å². The van der Waals surface area contributed by atoms with Crippen LogP contribution in [0.1, 0.15) is 5.56 Å². The number of likely N-dealkylation sites (N-methyl/N-ethyl adjacent to an activating group) is 1. The third-order valence-corrected chi connectivity index (χ3v) is 6.09. The molecule has 33 heavy (non-hydrogen) atoms. The Morgan fingerprint density at radius 3 is 2.45 bits per heavy atom. The van der Waals surface area contributed by atoms with Crippen molar-refractivity contribution in [2.75, 3.05) is 43.0 Å². The molecule has 0 saturated carbocycles. The van der Waals surface area contributed by atoms with Crippen molar-refractivity contribution in [3.63, 3.8) is 0 Å². The van der Waals surface area contributed by atoms with E-state index >= 15 is 0 Å². The average molecular weight is 444 g/mol. The number of nitro groups is 1. The first-order valence-corrected chi connectivity index (χ1v) is 10.9. The Kier molecular flexibility index (Phi) is 5.39.